The van der Waals surface area contributed by atoms with Crippen LogP contribution in [0.5, 0.6) is 0 Å². The number of hydrogen-bond donors (Lipinski definition) is 1. The van der Waals surface area contributed by atoms with Crippen LogP contribution >= 0.6 is 0 Å². The summed E-state index contributed by atoms with van der Waals surface area (Å²) in [7, 11) is 0. The van der Waals surface area contributed by atoms with Gasteiger partial charge in [0.2, 0.25) is 0 Å². The Labute approximate surface area is 113 Å². The van der Waals surface area contributed by atoms with Crippen molar-refractivity contribution in [3.05, 3.63) is 34.9 Å². The monoisotopic (exact) mass is 247 g/mol. The van der Waals surface area contributed by atoms with E-state index in [1.807, 2.05) is 0 Å². The highest BCUT2D eigenvalue weighted by Crippen LogP contribution is 2.22. The minimum absolute atomic E-state index is 0.310. The molecule has 1 unspecified atom stereocenters. The highest BCUT2D eigenvalue weighted by Gasteiger charge is 2.18. The van der Waals surface area contributed by atoms with Crippen molar-refractivity contribution in [3.63, 3.8) is 0 Å². The summed E-state index contributed by atoms with van der Waals surface area (Å²) in [5.41, 5.74) is 10.7. The van der Waals surface area contributed by atoms with Gasteiger partial charge in [-0.05, 0) is 55.7 Å². The minimum atomic E-state index is 0.310. The lowest BCUT2D eigenvalue weighted by atomic mass is 9.85. The lowest BCUT2D eigenvalue weighted by Crippen LogP contribution is -2.32. The van der Waals surface area contributed by atoms with Gasteiger partial charge in [-0.25, -0.2) is 0 Å². The van der Waals surface area contributed by atoms with Crippen LogP contribution in [0.25, 0.3) is 0 Å². The summed E-state index contributed by atoms with van der Waals surface area (Å²) in [6, 6.07) is 6.84. The first-order valence-corrected chi connectivity index (χ1v) is 7.40. The number of nitrogens with two attached hydrogens (primary N) is 1. The third kappa shape index (κ3) is 4.13. The van der Waals surface area contributed by atoms with Gasteiger partial charge < -0.3 is 5.73 Å². The molecule has 1 heteroatoms. The quantitative estimate of drug-likeness (QED) is 0.760. The van der Waals surface area contributed by atoms with Gasteiger partial charge in [-0.2, -0.15) is 0 Å². The van der Waals surface area contributed by atoms with Crippen molar-refractivity contribution < 1.29 is 0 Å². The van der Waals surface area contributed by atoms with Gasteiger partial charge in [0.15, 0.2) is 0 Å². The standard InChI is InChI=1S/C17H29N/c1-5-8-15(9-6-2)17(18)12-16-13(3)10-7-11-14(16)4/h7,10-11,15,17H,5-6,8-9,12,18H2,1-4H3. The Morgan fingerprint density at radius 1 is 1.00 bits per heavy atom. The third-order valence-corrected chi connectivity index (χ3v) is 4.01. The van der Waals surface area contributed by atoms with E-state index in [0.29, 0.717) is 12.0 Å². The van der Waals surface area contributed by atoms with Gasteiger partial charge in [-0.1, -0.05) is 44.9 Å². The van der Waals surface area contributed by atoms with Gasteiger partial charge in [0.25, 0.3) is 0 Å². The minimum Gasteiger partial charge on any atom is -0.327 e. The van der Waals surface area contributed by atoms with Crippen molar-refractivity contribution in [2.75, 3.05) is 0 Å². The van der Waals surface area contributed by atoms with Crippen LogP contribution in [0.3, 0.4) is 0 Å². The van der Waals surface area contributed by atoms with Crippen molar-refractivity contribution in [1.82, 2.24) is 0 Å². The maximum atomic E-state index is 6.46. The van der Waals surface area contributed by atoms with Crippen molar-refractivity contribution >= 4 is 0 Å². The number of rotatable bonds is 7. The molecule has 1 atom stereocenters. The number of aryl methyl sites for hydroxylation is 2. The molecule has 0 saturated heterocycles. The first-order valence-electron chi connectivity index (χ1n) is 7.40. The molecule has 0 radical (unpaired) electrons. The molecule has 0 heterocycles. The zero-order valence-electron chi connectivity index (χ0n) is 12.5. The van der Waals surface area contributed by atoms with E-state index in [1.54, 1.807) is 0 Å². The van der Waals surface area contributed by atoms with Crippen molar-refractivity contribution in [2.45, 2.75) is 65.8 Å². The van der Waals surface area contributed by atoms with Crippen molar-refractivity contribution in [1.29, 1.82) is 0 Å². The van der Waals surface area contributed by atoms with Crippen LogP contribution in [0.2, 0.25) is 0 Å². The average molecular weight is 247 g/mol. The first kappa shape index (κ1) is 15.2. The largest absolute Gasteiger partial charge is 0.327 e. The van der Waals surface area contributed by atoms with Gasteiger partial charge in [0.05, 0.1) is 0 Å². The van der Waals surface area contributed by atoms with E-state index in [1.165, 1.54) is 42.4 Å². The fourth-order valence-corrected chi connectivity index (χ4v) is 2.89. The van der Waals surface area contributed by atoms with E-state index >= 15 is 0 Å². The fourth-order valence-electron chi connectivity index (χ4n) is 2.89. The molecule has 0 aliphatic rings. The molecule has 2 N–H and O–H groups in total. The summed E-state index contributed by atoms with van der Waals surface area (Å²) >= 11 is 0. The van der Waals surface area contributed by atoms with Crippen LogP contribution in [0.4, 0.5) is 0 Å². The van der Waals surface area contributed by atoms with Crippen molar-refractivity contribution in [2.24, 2.45) is 11.7 Å². The molecule has 1 aromatic rings. The van der Waals surface area contributed by atoms with Crippen LogP contribution in [0.15, 0.2) is 18.2 Å². The van der Waals surface area contributed by atoms with Gasteiger partial charge in [-0.15, -0.1) is 0 Å². The lowest BCUT2D eigenvalue weighted by molar-refractivity contribution is 0.359. The molecular weight excluding hydrogens is 218 g/mol. The highest BCUT2D eigenvalue weighted by molar-refractivity contribution is 5.34. The molecule has 1 aromatic carbocycles. The Morgan fingerprint density at radius 2 is 1.50 bits per heavy atom. The Kier molecular flexibility index (Phi) is 6.42. The molecule has 0 spiro atoms. The molecule has 0 bridgehead atoms. The Morgan fingerprint density at radius 3 is 1.94 bits per heavy atom. The van der Waals surface area contributed by atoms with E-state index in [9.17, 15) is 0 Å². The van der Waals surface area contributed by atoms with E-state index in [0.717, 1.165) is 6.42 Å². The fraction of sp³-hybridized carbons (Fsp3) is 0.647. The van der Waals surface area contributed by atoms with Crippen molar-refractivity contribution in [3.8, 4) is 0 Å². The van der Waals surface area contributed by atoms with Gasteiger partial charge in [0, 0.05) is 6.04 Å². The predicted molar refractivity (Wildman–Crippen MR) is 80.9 cm³/mol. The third-order valence-electron chi connectivity index (χ3n) is 4.01. The molecule has 0 saturated carbocycles. The maximum Gasteiger partial charge on any atom is 0.0108 e. The summed E-state index contributed by atoms with van der Waals surface area (Å²) in [6.45, 7) is 8.91. The molecule has 0 fully saturated rings. The molecule has 102 valence electrons. The Balaban J connectivity index is 2.75. The van der Waals surface area contributed by atoms with E-state index in [4.69, 9.17) is 5.73 Å². The molecular formula is C17H29N. The normalized spacial score (nSPS) is 13.0. The summed E-state index contributed by atoms with van der Waals surface area (Å²) in [4.78, 5) is 0. The van der Waals surface area contributed by atoms with Crippen LogP contribution < -0.4 is 5.73 Å². The number of hydrogen-bond acceptors (Lipinski definition) is 1. The van der Waals surface area contributed by atoms with E-state index < -0.39 is 0 Å². The van der Waals surface area contributed by atoms with Gasteiger partial charge >= 0.3 is 0 Å². The molecule has 0 aliphatic heterocycles. The highest BCUT2D eigenvalue weighted by atomic mass is 14.6. The topological polar surface area (TPSA) is 26.0 Å². The van der Waals surface area contributed by atoms with Crippen LogP contribution in [-0.2, 0) is 6.42 Å². The average Bonchev–Trinajstić information content (AvgIpc) is 2.33. The smallest absolute Gasteiger partial charge is 0.0108 e. The van der Waals surface area contributed by atoms with Gasteiger partial charge in [-0.3, -0.25) is 0 Å². The van der Waals surface area contributed by atoms with Crippen LogP contribution in [-0.4, -0.2) is 6.04 Å². The van der Waals surface area contributed by atoms with Crippen LogP contribution in [0, 0.1) is 19.8 Å². The maximum absolute atomic E-state index is 6.46. The predicted octanol–water partition coefficient (Wildman–Crippen LogP) is 4.39. The van der Waals surface area contributed by atoms with Crippen LogP contribution in [0.1, 0.15) is 56.2 Å². The second-order valence-electron chi connectivity index (χ2n) is 5.58. The SMILES string of the molecule is CCCC(CCC)C(N)Cc1c(C)cccc1C. The second-order valence-corrected chi connectivity index (χ2v) is 5.58. The first-order chi connectivity index (χ1) is 8.60. The Hall–Kier alpha value is -0.820. The molecule has 0 aromatic heterocycles. The second kappa shape index (κ2) is 7.58. The molecule has 0 amide bonds. The molecule has 0 aliphatic carbocycles. The summed E-state index contributed by atoms with van der Waals surface area (Å²) < 4.78 is 0. The molecule has 1 nitrogen and oxygen atoms in total. The summed E-state index contributed by atoms with van der Waals surface area (Å²) in [6.07, 6.45) is 6.04. The zero-order valence-corrected chi connectivity index (χ0v) is 12.5. The molecule has 18 heavy (non-hydrogen) atoms. The lowest BCUT2D eigenvalue weighted by Gasteiger charge is -2.24. The Bertz CT molecular complexity index is 330. The zero-order chi connectivity index (χ0) is 13.5. The summed E-state index contributed by atoms with van der Waals surface area (Å²) in [5.74, 6) is 0.680. The van der Waals surface area contributed by atoms with E-state index in [-0.39, 0.29) is 0 Å². The van der Waals surface area contributed by atoms with Gasteiger partial charge in [0.1, 0.15) is 0 Å². The summed E-state index contributed by atoms with van der Waals surface area (Å²) in [5, 5.41) is 0. The number of benzene rings is 1. The van der Waals surface area contributed by atoms with E-state index in [2.05, 4.69) is 45.9 Å². The molecule has 1 rings (SSSR count).